The van der Waals surface area contributed by atoms with Crippen molar-refractivity contribution in [2.24, 2.45) is 0 Å². The molecule has 21 heavy (non-hydrogen) atoms. The fourth-order valence-corrected chi connectivity index (χ4v) is 2.14. The molecule has 0 aliphatic rings. The highest BCUT2D eigenvalue weighted by molar-refractivity contribution is 9.10. The molecule has 0 aromatic heterocycles. The SMILES string of the molecule is COc1ccc(NC(=O)NC(C)c2ccc(Br)cc2)cc1. The molecule has 2 N–H and O–H groups in total. The van der Waals surface area contributed by atoms with Gasteiger partial charge in [0.15, 0.2) is 0 Å². The van der Waals surface area contributed by atoms with E-state index < -0.39 is 0 Å². The summed E-state index contributed by atoms with van der Waals surface area (Å²) in [5.74, 6) is 0.754. The zero-order valence-corrected chi connectivity index (χ0v) is 13.5. The number of carbonyl (C=O) groups is 1. The van der Waals surface area contributed by atoms with Crippen LogP contribution in [0, 0.1) is 0 Å². The van der Waals surface area contributed by atoms with E-state index in [2.05, 4.69) is 26.6 Å². The number of ether oxygens (including phenoxy) is 1. The molecule has 0 aliphatic carbocycles. The molecule has 0 heterocycles. The lowest BCUT2D eigenvalue weighted by molar-refractivity contribution is 0.249. The molecular weight excluding hydrogens is 332 g/mol. The van der Waals surface area contributed by atoms with Crippen LogP contribution in [0.25, 0.3) is 0 Å². The average Bonchev–Trinajstić information content (AvgIpc) is 2.48. The molecule has 0 radical (unpaired) electrons. The molecule has 2 amide bonds. The van der Waals surface area contributed by atoms with Crippen molar-refractivity contribution in [1.29, 1.82) is 0 Å². The van der Waals surface area contributed by atoms with Gasteiger partial charge in [0.05, 0.1) is 13.2 Å². The Morgan fingerprint density at radius 1 is 1.10 bits per heavy atom. The first-order valence-corrected chi connectivity index (χ1v) is 7.35. The molecule has 5 heteroatoms. The second-order valence-corrected chi connectivity index (χ2v) is 5.52. The van der Waals surface area contributed by atoms with Crippen LogP contribution in [0.1, 0.15) is 18.5 Å². The molecule has 4 nitrogen and oxygen atoms in total. The maximum atomic E-state index is 12.0. The summed E-state index contributed by atoms with van der Waals surface area (Å²) < 4.78 is 6.09. The summed E-state index contributed by atoms with van der Waals surface area (Å²) in [7, 11) is 1.61. The fourth-order valence-electron chi connectivity index (χ4n) is 1.87. The van der Waals surface area contributed by atoms with E-state index in [9.17, 15) is 4.79 Å². The number of amides is 2. The van der Waals surface area contributed by atoms with Gasteiger partial charge in [0, 0.05) is 10.2 Å². The van der Waals surface area contributed by atoms with E-state index in [-0.39, 0.29) is 12.1 Å². The van der Waals surface area contributed by atoms with Gasteiger partial charge in [-0.3, -0.25) is 0 Å². The van der Waals surface area contributed by atoms with Crippen LogP contribution in [0.3, 0.4) is 0 Å². The minimum Gasteiger partial charge on any atom is -0.497 e. The first-order chi connectivity index (χ1) is 10.1. The molecule has 1 unspecified atom stereocenters. The van der Waals surface area contributed by atoms with Crippen LogP contribution in [0.15, 0.2) is 53.0 Å². The summed E-state index contributed by atoms with van der Waals surface area (Å²) in [6.07, 6.45) is 0. The molecule has 110 valence electrons. The van der Waals surface area contributed by atoms with Crippen molar-refractivity contribution in [3.05, 3.63) is 58.6 Å². The molecule has 1 atom stereocenters. The first kappa shape index (κ1) is 15.4. The summed E-state index contributed by atoms with van der Waals surface area (Å²) in [6.45, 7) is 1.94. The zero-order valence-electron chi connectivity index (χ0n) is 11.9. The lowest BCUT2D eigenvalue weighted by Gasteiger charge is -2.15. The van der Waals surface area contributed by atoms with E-state index in [4.69, 9.17) is 4.74 Å². The van der Waals surface area contributed by atoms with E-state index in [1.165, 1.54) is 0 Å². The highest BCUT2D eigenvalue weighted by Gasteiger charge is 2.09. The van der Waals surface area contributed by atoms with E-state index in [0.29, 0.717) is 0 Å². The predicted molar refractivity (Wildman–Crippen MR) is 87.7 cm³/mol. The Kier molecular flexibility index (Phi) is 5.22. The molecule has 0 bridgehead atoms. The van der Waals surface area contributed by atoms with Gasteiger partial charge in [-0.1, -0.05) is 28.1 Å². The van der Waals surface area contributed by atoms with Gasteiger partial charge in [0.25, 0.3) is 0 Å². The third-order valence-electron chi connectivity index (χ3n) is 3.07. The van der Waals surface area contributed by atoms with E-state index in [0.717, 1.165) is 21.5 Å². The summed E-state index contributed by atoms with van der Waals surface area (Å²) in [6, 6.07) is 14.7. The van der Waals surface area contributed by atoms with Crippen molar-refractivity contribution >= 4 is 27.6 Å². The smallest absolute Gasteiger partial charge is 0.319 e. The maximum absolute atomic E-state index is 12.0. The van der Waals surface area contributed by atoms with Crippen molar-refractivity contribution < 1.29 is 9.53 Å². The van der Waals surface area contributed by atoms with Crippen LogP contribution in [-0.4, -0.2) is 13.1 Å². The standard InChI is InChI=1S/C16H17BrN2O2/c1-11(12-3-5-13(17)6-4-12)18-16(20)19-14-7-9-15(21-2)10-8-14/h3-11H,1-2H3,(H2,18,19,20). The molecule has 2 aromatic carbocycles. The number of halogens is 1. The van der Waals surface area contributed by atoms with Crippen molar-refractivity contribution in [2.45, 2.75) is 13.0 Å². The number of nitrogens with one attached hydrogen (secondary N) is 2. The van der Waals surface area contributed by atoms with Gasteiger partial charge in [0.1, 0.15) is 5.75 Å². The summed E-state index contributed by atoms with van der Waals surface area (Å²) in [4.78, 5) is 12.0. The van der Waals surface area contributed by atoms with Crippen LogP contribution >= 0.6 is 15.9 Å². The van der Waals surface area contributed by atoms with Crippen LogP contribution in [0.5, 0.6) is 5.75 Å². The number of hydrogen-bond acceptors (Lipinski definition) is 2. The van der Waals surface area contributed by atoms with Crippen molar-refractivity contribution in [2.75, 3.05) is 12.4 Å². The molecule has 0 spiro atoms. The molecule has 2 rings (SSSR count). The van der Waals surface area contributed by atoms with Crippen LogP contribution < -0.4 is 15.4 Å². The quantitative estimate of drug-likeness (QED) is 0.863. The normalized spacial score (nSPS) is 11.6. The van der Waals surface area contributed by atoms with Gasteiger partial charge in [-0.05, 0) is 48.9 Å². The zero-order chi connectivity index (χ0) is 15.2. The minimum absolute atomic E-state index is 0.0728. The molecular formula is C16H17BrN2O2. The van der Waals surface area contributed by atoms with E-state index in [1.807, 2.05) is 31.2 Å². The van der Waals surface area contributed by atoms with Crippen LogP contribution in [0.4, 0.5) is 10.5 Å². The first-order valence-electron chi connectivity index (χ1n) is 6.55. The monoisotopic (exact) mass is 348 g/mol. The van der Waals surface area contributed by atoms with Gasteiger partial charge in [-0.2, -0.15) is 0 Å². The number of anilines is 1. The number of benzene rings is 2. The predicted octanol–water partition coefficient (Wildman–Crippen LogP) is 4.34. The summed E-state index contributed by atoms with van der Waals surface area (Å²) in [5.41, 5.74) is 1.76. The Morgan fingerprint density at radius 3 is 2.29 bits per heavy atom. The number of urea groups is 1. The van der Waals surface area contributed by atoms with E-state index >= 15 is 0 Å². The third-order valence-corrected chi connectivity index (χ3v) is 3.59. The Hall–Kier alpha value is -2.01. The molecule has 0 saturated carbocycles. The van der Waals surface area contributed by atoms with Crippen LogP contribution in [-0.2, 0) is 0 Å². The van der Waals surface area contributed by atoms with Gasteiger partial charge < -0.3 is 15.4 Å². The third kappa shape index (κ3) is 4.49. The van der Waals surface area contributed by atoms with Crippen molar-refractivity contribution in [3.63, 3.8) is 0 Å². The average molecular weight is 349 g/mol. The fraction of sp³-hybridized carbons (Fsp3) is 0.188. The highest BCUT2D eigenvalue weighted by Crippen LogP contribution is 2.17. The maximum Gasteiger partial charge on any atom is 0.319 e. The van der Waals surface area contributed by atoms with Gasteiger partial charge >= 0.3 is 6.03 Å². The van der Waals surface area contributed by atoms with Crippen molar-refractivity contribution in [3.8, 4) is 5.75 Å². The Bertz CT molecular complexity index is 597. The molecule has 2 aromatic rings. The molecule has 0 saturated heterocycles. The second kappa shape index (κ2) is 7.13. The van der Waals surface area contributed by atoms with E-state index in [1.54, 1.807) is 31.4 Å². The number of hydrogen-bond donors (Lipinski definition) is 2. The highest BCUT2D eigenvalue weighted by atomic mass is 79.9. The Morgan fingerprint density at radius 2 is 1.71 bits per heavy atom. The number of carbonyl (C=O) groups excluding carboxylic acids is 1. The van der Waals surface area contributed by atoms with Crippen LogP contribution in [0.2, 0.25) is 0 Å². The topological polar surface area (TPSA) is 50.4 Å². The van der Waals surface area contributed by atoms with Gasteiger partial charge in [-0.15, -0.1) is 0 Å². The Labute approximate surface area is 132 Å². The lowest BCUT2D eigenvalue weighted by atomic mass is 10.1. The minimum atomic E-state index is -0.240. The lowest BCUT2D eigenvalue weighted by Crippen LogP contribution is -2.31. The van der Waals surface area contributed by atoms with Crippen molar-refractivity contribution in [1.82, 2.24) is 5.32 Å². The van der Waals surface area contributed by atoms with Gasteiger partial charge in [0.2, 0.25) is 0 Å². The number of rotatable bonds is 4. The van der Waals surface area contributed by atoms with Gasteiger partial charge in [-0.25, -0.2) is 4.79 Å². The molecule has 0 fully saturated rings. The second-order valence-electron chi connectivity index (χ2n) is 4.60. The largest absolute Gasteiger partial charge is 0.497 e. The summed E-state index contributed by atoms with van der Waals surface area (Å²) in [5, 5.41) is 5.69. The summed E-state index contributed by atoms with van der Waals surface area (Å²) >= 11 is 3.39. The Balaban J connectivity index is 1.92. The number of methoxy groups -OCH3 is 1. The molecule has 0 aliphatic heterocycles.